The van der Waals surface area contributed by atoms with Gasteiger partial charge in [0.1, 0.15) is 17.9 Å². The van der Waals surface area contributed by atoms with Crippen molar-refractivity contribution in [2.75, 3.05) is 0 Å². The minimum Gasteiger partial charge on any atom is -0.469 e. The van der Waals surface area contributed by atoms with Gasteiger partial charge in [0.15, 0.2) is 0 Å². The molecule has 2 heterocycles. The Hall–Kier alpha value is -1.62. The summed E-state index contributed by atoms with van der Waals surface area (Å²) in [5.41, 5.74) is 0.838. The zero-order valence-electron chi connectivity index (χ0n) is 9.42. The fourth-order valence-electron chi connectivity index (χ4n) is 1.72. The molecular weight excluding hydrogens is 206 g/mol. The third-order valence-corrected chi connectivity index (χ3v) is 2.64. The Kier molecular flexibility index (Phi) is 3.05. The van der Waals surface area contributed by atoms with Gasteiger partial charge in [-0.1, -0.05) is 6.92 Å². The summed E-state index contributed by atoms with van der Waals surface area (Å²) in [7, 11) is 1.81. The van der Waals surface area contributed by atoms with Crippen LogP contribution in [0.15, 0.2) is 23.1 Å². The summed E-state index contributed by atoms with van der Waals surface area (Å²) >= 11 is 0. The first-order valence-corrected chi connectivity index (χ1v) is 5.29. The maximum Gasteiger partial charge on any atom is 0.138 e. The zero-order valence-corrected chi connectivity index (χ0v) is 9.42. The Balaban J connectivity index is 2.14. The van der Waals surface area contributed by atoms with E-state index in [-0.39, 0.29) is 0 Å². The van der Waals surface area contributed by atoms with Crippen LogP contribution in [0.2, 0.25) is 0 Å². The standard InChI is InChI=1S/C11H15N3O2/c1-3-10-8(4-5-16-10)9(15)6-11-12-7-13-14(11)2/h4-5,7,9,15H,3,6H2,1-2H3. The fraction of sp³-hybridized carbons (Fsp3) is 0.455. The lowest BCUT2D eigenvalue weighted by Gasteiger charge is -2.09. The molecule has 1 atom stereocenters. The van der Waals surface area contributed by atoms with Gasteiger partial charge < -0.3 is 9.52 Å². The third-order valence-electron chi connectivity index (χ3n) is 2.64. The molecule has 2 rings (SSSR count). The number of aryl methyl sites for hydroxylation is 2. The SMILES string of the molecule is CCc1occc1C(O)Cc1ncnn1C. The van der Waals surface area contributed by atoms with Crippen LogP contribution in [-0.4, -0.2) is 19.9 Å². The number of hydrogen-bond acceptors (Lipinski definition) is 4. The molecule has 0 aliphatic rings. The summed E-state index contributed by atoms with van der Waals surface area (Å²) < 4.78 is 6.94. The van der Waals surface area contributed by atoms with E-state index in [1.807, 2.05) is 14.0 Å². The summed E-state index contributed by atoms with van der Waals surface area (Å²) in [5.74, 6) is 1.59. The summed E-state index contributed by atoms with van der Waals surface area (Å²) in [6, 6.07) is 1.81. The van der Waals surface area contributed by atoms with Gasteiger partial charge in [0.25, 0.3) is 0 Å². The van der Waals surface area contributed by atoms with Crippen LogP contribution in [-0.2, 0) is 19.9 Å². The number of aliphatic hydroxyl groups excluding tert-OH is 1. The lowest BCUT2D eigenvalue weighted by atomic mass is 10.1. The van der Waals surface area contributed by atoms with Gasteiger partial charge in [-0.25, -0.2) is 4.98 Å². The molecule has 0 saturated carbocycles. The van der Waals surface area contributed by atoms with E-state index in [4.69, 9.17) is 4.42 Å². The van der Waals surface area contributed by atoms with Gasteiger partial charge in [-0.3, -0.25) is 4.68 Å². The van der Waals surface area contributed by atoms with Crippen molar-refractivity contribution in [2.24, 2.45) is 7.05 Å². The second-order valence-corrected chi connectivity index (χ2v) is 3.67. The lowest BCUT2D eigenvalue weighted by Crippen LogP contribution is -2.08. The molecule has 0 saturated heterocycles. The van der Waals surface area contributed by atoms with Crippen molar-refractivity contribution in [1.29, 1.82) is 0 Å². The largest absolute Gasteiger partial charge is 0.469 e. The monoisotopic (exact) mass is 221 g/mol. The Morgan fingerprint density at radius 3 is 3.00 bits per heavy atom. The maximum atomic E-state index is 10.1. The summed E-state index contributed by atoms with van der Waals surface area (Å²) in [5, 5.41) is 14.0. The fourth-order valence-corrected chi connectivity index (χ4v) is 1.72. The summed E-state index contributed by atoms with van der Waals surface area (Å²) in [6.45, 7) is 2.00. The van der Waals surface area contributed by atoms with Crippen LogP contribution in [0.3, 0.4) is 0 Å². The van der Waals surface area contributed by atoms with Gasteiger partial charge in [-0.2, -0.15) is 5.10 Å². The van der Waals surface area contributed by atoms with Gasteiger partial charge in [-0.15, -0.1) is 0 Å². The van der Waals surface area contributed by atoms with E-state index in [1.165, 1.54) is 6.33 Å². The van der Waals surface area contributed by atoms with E-state index >= 15 is 0 Å². The van der Waals surface area contributed by atoms with Crippen LogP contribution in [0.4, 0.5) is 0 Å². The van der Waals surface area contributed by atoms with E-state index in [0.29, 0.717) is 6.42 Å². The molecule has 2 aromatic rings. The molecule has 0 aliphatic carbocycles. The number of aromatic nitrogens is 3. The van der Waals surface area contributed by atoms with Crippen molar-refractivity contribution in [1.82, 2.24) is 14.8 Å². The molecule has 0 fully saturated rings. The predicted octanol–water partition coefficient (Wildman–Crippen LogP) is 1.25. The molecule has 16 heavy (non-hydrogen) atoms. The molecule has 0 spiro atoms. The van der Waals surface area contributed by atoms with Crippen LogP contribution in [0, 0.1) is 0 Å². The number of rotatable bonds is 4. The number of aliphatic hydroxyl groups is 1. The average Bonchev–Trinajstić information content (AvgIpc) is 2.87. The second-order valence-electron chi connectivity index (χ2n) is 3.67. The summed E-state index contributed by atoms with van der Waals surface area (Å²) in [4.78, 5) is 4.08. The molecule has 0 aromatic carbocycles. The van der Waals surface area contributed by atoms with Crippen molar-refractivity contribution in [2.45, 2.75) is 25.9 Å². The molecule has 5 nitrogen and oxygen atoms in total. The highest BCUT2D eigenvalue weighted by molar-refractivity contribution is 5.20. The average molecular weight is 221 g/mol. The van der Waals surface area contributed by atoms with E-state index in [9.17, 15) is 5.11 Å². The van der Waals surface area contributed by atoms with Crippen molar-refractivity contribution in [3.8, 4) is 0 Å². The van der Waals surface area contributed by atoms with Crippen LogP contribution < -0.4 is 0 Å². The third kappa shape index (κ3) is 1.99. The minimum atomic E-state index is -0.586. The van der Waals surface area contributed by atoms with Crippen LogP contribution in [0.1, 0.15) is 30.2 Å². The Bertz CT molecular complexity index is 461. The predicted molar refractivity (Wildman–Crippen MR) is 57.8 cm³/mol. The van der Waals surface area contributed by atoms with Crippen molar-refractivity contribution < 1.29 is 9.52 Å². The summed E-state index contributed by atoms with van der Waals surface area (Å²) in [6.07, 6.45) is 3.73. The second kappa shape index (κ2) is 4.49. The van der Waals surface area contributed by atoms with Crippen LogP contribution in [0.5, 0.6) is 0 Å². The van der Waals surface area contributed by atoms with Gasteiger partial charge in [0, 0.05) is 25.5 Å². The lowest BCUT2D eigenvalue weighted by molar-refractivity contribution is 0.172. The highest BCUT2D eigenvalue weighted by atomic mass is 16.3. The van der Waals surface area contributed by atoms with Crippen molar-refractivity contribution in [3.63, 3.8) is 0 Å². The molecule has 2 aromatic heterocycles. The van der Waals surface area contributed by atoms with E-state index < -0.39 is 6.10 Å². The molecule has 86 valence electrons. The zero-order chi connectivity index (χ0) is 11.5. The molecular formula is C11H15N3O2. The first-order valence-electron chi connectivity index (χ1n) is 5.29. The first kappa shape index (κ1) is 10.9. The number of furan rings is 1. The molecule has 1 unspecified atom stereocenters. The Morgan fingerprint density at radius 2 is 2.38 bits per heavy atom. The van der Waals surface area contributed by atoms with Crippen LogP contribution in [0.25, 0.3) is 0 Å². The smallest absolute Gasteiger partial charge is 0.138 e. The van der Waals surface area contributed by atoms with E-state index in [0.717, 1.165) is 23.6 Å². The first-order chi connectivity index (χ1) is 7.72. The van der Waals surface area contributed by atoms with Crippen molar-refractivity contribution in [3.05, 3.63) is 35.8 Å². The molecule has 0 radical (unpaired) electrons. The highest BCUT2D eigenvalue weighted by Crippen LogP contribution is 2.22. The number of hydrogen-bond donors (Lipinski definition) is 1. The number of nitrogens with zero attached hydrogens (tertiary/aromatic N) is 3. The topological polar surface area (TPSA) is 64.1 Å². The normalized spacial score (nSPS) is 12.9. The van der Waals surface area contributed by atoms with E-state index in [2.05, 4.69) is 10.1 Å². The molecule has 0 amide bonds. The molecule has 0 aliphatic heterocycles. The molecule has 5 heteroatoms. The highest BCUT2D eigenvalue weighted by Gasteiger charge is 2.16. The van der Waals surface area contributed by atoms with Gasteiger partial charge >= 0.3 is 0 Å². The Morgan fingerprint density at radius 1 is 1.56 bits per heavy atom. The molecule has 1 N–H and O–H groups in total. The Labute approximate surface area is 93.7 Å². The maximum absolute atomic E-state index is 10.1. The quantitative estimate of drug-likeness (QED) is 0.843. The minimum absolute atomic E-state index is 0.447. The van der Waals surface area contributed by atoms with Gasteiger partial charge in [0.05, 0.1) is 12.4 Å². The van der Waals surface area contributed by atoms with Gasteiger partial charge in [0.2, 0.25) is 0 Å². The van der Waals surface area contributed by atoms with Crippen LogP contribution >= 0.6 is 0 Å². The molecule has 0 bridgehead atoms. The van der Waals surface area contributed by atoms with E-state index in [1.54, 1.807) is 17.0 Å². The van der Waals surface area contributed by atoms with Crippen molar-refractivity contribution >= 4 is 0 Å². The van der Waals surface area contributed by atoms with Gasteiger partial charge in [-0.05, 0) is 6.07 Å².